The van der Waals surface area contributed by atoms with Gasteiger partial charge in [-0.2, -0.15) is 33.1 Å². The minimum absolute atomic E-state index is 0.00327. The summed E-state index contributed by atoms with van der Waals surface area (Å²) in [6, 6.07) is 2.94. The third-order valence-electron chi connectivity index (χ3n) is 3.79. The first-order valence-corrected chi connectivity index (χ1v) is 8.66. The Hall–Kier alpha value is -3.74. The highest BCUT2D eigenvalue weighted by atomic mass is 19.4. The van der Waals surface area contributed by atoms with Gasteiger partial charge in [0, 0.05) is 24.5 Å². The van der Waals surface area contributed by atoms with E-state index in [1.807, 2.05) is 0 Å². The van der Waals surface area contributed by atoms with Crippen molar-refractivity contribution >= 4 is 23.4 Å². The van der Waals surface area contributed by atoms with Crippen LogP contribution < -0.4 is 22.1 Å². The number of carbonyl (C=O) groups is 1. The summed E-state index contributed by atoms with van der Waals surface area (Å²) in [6.45, 7) is 2.10. The van der Waals surface area contributed by atoms with Crippen LogP contribution in [-0.2, 0) is 6.18 Å². The van der Waals surface area contributed by atoms with Crippen LogP contribution in [0.25, 0.3) is 5.69 Å². The molecule has 0 saturated carbocycles. The molecule has 0 radical (unpaired) electrons. The summed E-state index contributed by atoms with van der Waals surface area (Å²) in [4.78, 5) is 20.9. The van der Waals surface area contributed by atoms with Crippen LogP contribution in [0.4, 0.5) is 30.6 Å². The second kappa shape index (κ2) is 8.32. The van der Waals surface area contributed by atoms with Gasteiger partial charge in [0.1, 0.15) is 11.4 Å². The highest BCUT2D eigenvalue weighted by Crippen LogP contribution is 2.33. The van der Waals surface area contributed by atoms with Gasteiger partial charge in [-0.25, -0.2) is 4.98 Å². The number of nitrogens with one attached hydrogen (secondary N) is 2. The zero-order chi connectivity index (χ0) is 21.9. The molecule has 0 saturated heterocycles. The van der Waals surface area contributed by atoms with Crippen LogP contribution in [0.15, 0.2) is 36.8 Å². The Morgan fingerprint density at radius 2 is 1.93 bits per heavy atom. The third-order valence-corrected chi connectivity index (χ3v) is 3.79. The predicted octanol–water partition coefficient (Wildman–Crippen LogP) is 1.68. The molecule has 0 spiro atoms. The van der Waals surface area contributed by atoms with Gasteiger partial charge < -0.3 is 22.1 Å². The number of amides is 1. The minimum Gasteiger partial charge on any atom is -0.365 e. The van der Waals surface area contributed by atoms with E-state index in [0.29, 0.717) is 6.54 Å². The van der Waals surface area contributed by atoms with E-state index in [1.54, 1.807) is 6.92 Å². The van der Waals surface area contributed by atoms with E-state index in [-0.39, 0.29) is 34.7 Å². The number of nitrogens with two attached hydrogens (primary N) is 2. The van der Waals surface area contributed by atoms with Crippen molar-refractivity contribution in [3.8, 4) is 5.69 Å². The van der Waals surface area contributed by atoms with Gasteiger partial charge in [0.15, 0.2) is 0 Å². The molecule has 0 aliphatic carbocycles. The molecule has 0 aliphatic heterocycles. The number of aromatic nitrogens is 5. The summed E-state index contributed by atoms with van der Waals surface area (Å²) in [5, 5.41) is 13.3. The zero-order valence-electron chi connectivity index (χ0n) is 15.7. The van der Waals surface area contributed by atoms with Crippen molar-refractivity contribution in [1.82, 2.24) is 25.0 Å². The summed E-state index contributed by atoms with van der Waals surface area (Å²) in [5.74, 6) is -0.790. The molecule has 30 heavy (non-hydrogen) atoms. The molecule has 13 heteroatoms. The van der Waals surface area contributed by atoms with Crippen molar-refractivity contribution in [3.63, 3.8) is 0 Å². The smallest absolute Gasteiger partial charge is 0.365 e. The molecule has 0 fully saturated rings. The van der Waals surface area contributed by atoms with Gasteiger partial charge in [-0.1, -0.05) is 0 Å². The highest BCUT2D eigenvalue weighted by molar-refractivity contribution is 5.98. The first-order chi connectivity index (χ1) is 14.1. The van der Waals surface area contributed by atoms with E-state index in [2.05, 4.69) is 30.8 Å². The van der Waals surface area contributed by atoms with Crippen molar-refractivity contribution in [2.75, 3.05) is 17.2 Å². The van der Waals surface area contributed by atoms with E-state index in [4.69, 9.17) is 11.5 Å². The minimum atomic E-state index is -4.62. The SMILES string of the molecule is CC(N)CNc1ncc(C(N)=O)c(Nc2cc(-n3nccn3)cc(C(F)(F)F)c2)n1. The van der Waals surface area contributed by atoms with E-state index in [1.165, 1.54) is 24.7 Å². The fourth-order valence-electron chi connectivity index (χ4n) is 2.44. The molecule has 6 N–H and O–H groups in total. The first kappa shape index (κ1) is 21.0. The lowest BCUT2D eigenvalue weighted by atomic mass is 10.1. The number of hydrogen-bond donors (Lipinski definition) is 4. The first-order valence-electron chi connectivity index (χ1n) is 8.66. The summed E-state index contributed by atoms with van der Waals surface area (Å²) >= 11 is 0. The van der Waals surface area contributed by atoms with Crippen LogP contribution in [0.3, 0.4) is 0 Å². The van der Waals surface area contributed by atoms with Gasteiger partial charge in [0.05, 0.1) is 23.6 Å². The van der Waals surface area contributed by atoms with Gasteiger partial charge >= 0.3 is 6.18 Å². The third kappa shape index (κ3) is 5.00. The van der Waals surface area contributed by atoms with Gasteiger partial charge in [-0.15, -0.1) is 0 Å². The molecule has 3 aromatic rings. The largest absolute Gasteiger partial charge is 0.416 e. The zero-order valence-corrected chi connectivity index (χ0v) is 15.7. The van der Waals surface area contributed by atoms with Crippen LogP contribution >= 0.6 is 0 Å². The predicted molar refractivity (Wildman–Crippen MR) is 102 cm³/mol. The Morgan fingerprint density at radius 3 is 2.53 bits per heavy atom. The Kier molecular flexibility index (Phi) is 5.82. The molecule has 10 nitrogen and oxygen atoms in total. The number of anilines is 3. The molecule has 0 aliphatic rings. The lowest BCUT2D eigenvalue weighted by molar-refractivity contribution is -0.137. The quantitative estimate of drug-likeness (QED) is 0.450. The molecule has 1 unspecified atom stereocenters. The van der Waals surface area contributed by atoms with Gasteiger partial charge in [-0.05, 0) is 25.1 Å². The summed E-state index contributed by atoms with van der Waals surface area (Å²) in [7, 11) is 0. The maximum absolute atomic E-state index is 13.4. The highest BCUT2D eigenvalue weighted by Gasteiger charge is 2.31. The molecule has 2 aromatic heterocycles. The number of nitrogens with zero attached hydrogens (tertiary/aromatic N) is 5. The molecule has 1 aromatic carbocycles. The number of benzene rings is 1. The van der Waals surface area contributed by atoms with Crippen LogP contribution in [-0.4, -0.2) is 43.5 Å². The standard InChI is InChI=1S/C17H18F3N9O/c1-9(21)7-23-16-24-8-13(14(22)30)15(28-16)27-11-4-10(17(18,19)20)5-12(6-11)29-25-2-3-26-29/h2-6,8-9H,7,21H2,1H3,(H2,22,30)(H2,23,24,27,28). The van der Waals surface area contributed by atoms with Gasteiger partial charge in [0.2, 0.25) is 5.95 Å². The number of halogens is 3. The number of primary amides is 1. The molecule has 1 amide bonds. The fourth-order valence-corrected chi connectivity index (χ4v) is 2.44. The van der Waals surface area contributed by atoms with E-state index >= 15 is 0 Å². The molecular weight excluding hydrogens is 403 g/mol. The van der Waals surface area contributed by atoms with Crippen molar-refractivity contribution in [1.29, 1.82) is 0 Å². The molecule has 1 atom stereocenters. The Bertz CT molecular complexity index is 1040. The van der Waals surface area contributed by atoms with Crippen molar-refractivity contribution in [2.45, 2.75) is 19.1 Å². The van der Waals surface area contributed by atoms with E-state index in [0.717, 1.165) is 16.9 Å². The topological polar surface area (TPSA) is 150 Å². The Morgan fingerprint density at radius 1 is 1.23 bits per heavy atom. The van der Waals surface area contributed by atoms with E-state index in [9.17, 15) is 18.0 Å². The molecule has 3 rings (SSSR count). The lowest BCUT2D eigenvalue weighted by Gasteiger charge is -2.15. The summed E-state index contributed by atoms with van der Waals surface area (Å²) in [5.41, 5.74) is 10.0. The van der Waals surface area contributed by atoms with Crippen LogP contribution in [0.2, 0.25) is 0 Å². The number of alkyl halides is 3. The molecule has 2 heterocycles. The van der Waals surface area contributed by atoms with Gasteiger partial charge in [0.25, 0.3) is 5.91 Å². The molecular formula is C17H18F3N9O. The normalized spacial score (nSPS) is 12.4. The second-order valence-electron chi connectivity index (χ2n) is 6.39. The number of hydrogen-bond acceptors (Lipinski definition) is 8. The van der Waals surface area contributed by atoms with Crippen LogP contribution in [0.1, 0.15) is 22.8 Å². The maximum Gasteiger partial charge on any atom is 0.416 e. The summed E-state index contributed by atoms with van der Waals surface area (Å²) in [6.07, 6.45) is -0.786. The number of carbonyl (C=O) groups excluding carboxylic acids is 1. The monoisotopic (exact) mass is 421 g/mol. The lowest BCUT2D eigenvalue weighted by Crippen LogP contribution is -2.26. The number of rotatable bonds is 7. The van der Waals surface area contributed by atoms with Crippen LogP contribution in [0.5, 0.6) is 0 Å². The van der Waals surface area contributed by atoms with Gasteiger partial charge in [-0.3, -0.25) is 4.79 Å². The van der Waals surface area contributed by atoms with Crippen molar-refractivity contribution in [2.24, 2.45) is 11.5 Å². The Balaban J connectivity index is 2.03. The van der Waals surface area contributed by atoms with Crippen molar-refractivity contribution in [3.05, 3.63) is 47.9 Å². The van der Waals surface area contributed by atoms with Crippen molar-refractivity contribution < 1.29 is 18.0 Å². The second-order valence-corrected chi connectivity index (χ2v) is 6.39. The average molecular weight is 421 g/mol. The maximum atomic E-state index is 13.4. The summed E-state index contributed by atoms with van der Waals surface area (Å²) < 4.78 is 40.1. The van der Waals surface area contributed by atoms with E-state index < -0.39 is 17.6 Å². The fraction of sp³-hybridized carbons (Fsp3) is 0.235. The molecule has 0 bridgehead atoms. The van der Waals surface area contributed by atoms with Crippen LogP contribution in [0, 0.1) is 0 Å². The average Bonchev–Trinajstić information content (AvgIpc) is 3.20. The molecule has 158 valence electrons. The Labute approximate surface area is 168 Å².